The fraction of sp³-hybridized carbons (Fsp3) is 0. The number of aromatic nitrogens is 3. The SMILES string of the molecule is Fc1ccc(-c2c3ccccc3c(-c3ccc(-n4c5ccccc5c5ccccc54)cc3)c3ccccc23)cc1F.c1ccc(-c2c3ccccc3c(-c3ccc(-n4c5ccccc5c5ccccc54)c4ccccc34)c3ccccc23)cc1.c1ccc(-c2c3ccccc3c(-c3cccc4c(-n5c6ccccc6c6ccccc65)cccc34)c3ccccc23)cc1. The Hall–Kier alpha value is -16.6. The Morgan fingerprint density at radius 3 is 0.717 bits per heavy atom. The lowest BCUT2D eigenvalue weighted by atomic mass is 9.84. The summed E-state index contributed by atoms with van der Waals surface area (Å²) in [6.07, 6.45) is 0. The molecule has 0 atom stereocenters. The molecule has 0 saturated heterocycles. The van der Waals surface area contributed by atoms with Crippen LogP contribution in [0.2, 0.25) is 0 Å². The van der Waals surface area contributed by atoms with Crippen LogP contribution >= 0.6 is 0 Å². The standard InChI is InChI=1S/2C42H27N.C38H23F2N/c1-2-14-28(15-3-1)41-34-18-4-6-20-36(34)42(37-21-7-5-19-35(37)41)33-24-12-23-30-29(33)22-13-27-40(30)43-38-25-10-8-16-31(38)32-17-9-11-26-39(32)43;1-2-14-28(15-3-1)41-33-20-6-8-22-35(33)42(36-23-9-7-21-34(36)41)37-26-27-40(30-17-5-4-16-29(30)37)43-38-24-12-10-18-31(38)32-19-11-13-25-39(32)43;39-33-22-19-25(23-34(33)40)38-31-13-3-1-11-29(31)37(30-12-2-4-14-32(30)38)24-17-20-26(21-18-24)41-35-15-7-5-9-27(35)28-10-6-8-16-36(28)41/h2*1-27H;1-23H. The molecule has 0 amide bonds. The van der Waals surface area contributed by atoms with Crippen molar-refractivity contribution in [1.29, 1.82) is 0 Å². The number of rotatable bonds is 9. The molecular weight excluding hydrogens is 1550 g/mol. The number of fused-ring (bicyclic) bond motifs is 17. The van der Waals surface area contributed by atoms with E-state index in [1.165, 1.54) is 198 Å². The third-order valence-electron chi connectivity index (χ3n) is 26.1. The first-order valence-electron chi connectivity index (χ1n) is 43.4. The molecular formula is C122H77F2N3. The van der Waals surface area contributed by atoms with Crippen LogP contribution in [0.15, 0.2) is 467 Å². The minimum absolute atomic E-state index is 0.657. The van der Waals surface area contributed by atoms with Crippen LogP contribution in [0, 0.1) is 11.6 Å². The van der Waals surface area contributed by atoms with Crippen LogP contribution < -0.4 is 0 Å². The fourth-order valence-electron chi connectivity index (χ4n) is 20.8. The minimum Gasteiger partial charge on any atom is -0.309 e. The Kier molecular flexibility index (Phi) is 18.0. The zero-order chi connectivity index (χ0) is 84.2. The van der Waals surface area contributed by atoms with Crippen molar-refractivity contribution in [1.82, 2.24) is 13.7 Å². The van der Waals surface area contributed by atoms with Gasteiger partial charge in [-0.15, -0.1) is 0 Å². The predicted molar refractivity (Wildman–Crippen MR) is 535 cm³/mol. The van der Waals surface area contributed by atoms with E-state index in [-0.39, 0.29) is 0 Å². The second-order valence-electron chi connectivity index (χ2n) is 32.9. The fourth-order valence-corrected chi connectivity index (χ4v) is 20.8. The minimum atomic E-state index is -0.847. The highest BCUT2D eigenvalue weighted by atomic mass is 19.2. The molecule has 3 aromatic heterocycles. The third kappa shape index (κ3) is 12.1. The zero-order valence-corrected chi connectivity index (χ0v) is 69.1. The summed E-state index contributed by atoms with van der Waals surface area (Å²) >= 11 is 0. The van der Waals surface area contributed by atoms with Crippen molar-refractivity contribution in [3.63, 3.8) is 0 Å². The Morgan fingerprint density at radius 2 is 0.370 bits per heavy atom. The molecule has 26 rings (SSSR count). The molecule has 0 aliphatic rings. The lowest BCUT2D eigenvalue weighted by Crippen LogP contribution is -1.97. The van der Waals surface area contributed by atoms with Crippen molar-refractivity contribution in [3.05, 3.63) is 479 Å². The van der Waals surface area contributed by atoms with Gasteiger partial charge in [0.2, 0.25) is 0 Å². The first-order valence-corrected chi connectivity index (χ1v) is 43.4. The van der Waals surface area contributed by atoms with Gasteiger partial charge in [0.15, 0.2) is 11.6 Å². The number of hydrogen-bond acceptors (Lipinski definition) is 0. The highest BCUT2D eigenvalue weighted by molar-refractivity contribution is 6.27. The summed E-state index contributed by atoms with van der Waals surface area (Å²) in [6.45, 7) is 0. The Labute approximate surface area is 731 Å². The van der Waals surface area contributed by atoms with E-state index in [9.17, 15) is 8.78 Å². The zero-order valence-electron chi connectivity index (χ0n) is 69.1. The molecule has 0 aliphatic carbocycles. The van der Waals surface area contributed by atoms with Crippen LogP contribution in [0.25, 0.3) is 235 Å². The molecule has 594 valence electrons. The Morgan fingerprint density at radius 1 is 0.134 bits per heavy atom. The molecule has 5 heteroatoms. The summed E-state index contributed by atoms with van der Waals surface area (Å²) in [4.78, 5) is 0. The van der Waals surface area contributed by atoms with Crippen molar-refractivity contribution in [2.45, 2.75) is 0 Å². The summed E-state index contributed by atoms with van der Waals surface area (Å²) in [7, 11) is 0. The number of benzene rings is 23. The highest BCUT2D eigenvalue weighted by Crippen LogP contribution is 2.51. The average Bonchev–Trinajstić information content (AvgIpc) is 1.58. The van der Waals surface area contributed by atoms with E-state index >= 15 is 0 Å². The number of hydrogen-bond donors (Lipinski definition) is 0. The monoisotopic (exact) mass is 1620 g/mol. The van der Waals surface area contributed by atoms with Crippen molar-refractivity contribution < 1.29 is 8.78 Å². The molecule has 0 saturated carbocycles. The molecule has 127 heavy (non-hydrogen) atoms. The van der Waals surface area contributed by atoms with E-state index in [0.29, 0.717) is 5.56 Å². The quantitative estimate of drug-likeness (QED) is 0.128. The first-order chi connectivity index (χ1) is 63.0. The number of para-hydroxylation sites is 6. The van der Waals surface area contributed by atoms with E-state index in [2.05, 4.69) is 438 Å². The molecule has 0 spiro atoms. The van der Waals surface area contributed by atoms with E-state index in [1.807, 2.05) is 24.3 Å². The van der Waals surface area contributed by atoms with Gasteiger partial charge in [0.05, 0.1) is 44.5 Å². The van der Waals surface area contributed by atoms with Crippen LogP contribution in [-0.4, -0.2) is 13.7 Å². The van der Waals surface area contributed by atoms with Gasteiger partial charge in [-0.3, -0.25) is 0 Å². The van der Waals surface area contributed by atoms with E-state index < -0.39 is 11.6 Å². The molecule has 0 radical (unpaired) electrons. The van der Waals surface area contributed by atoms with Gasteiger partial charge in [-0.25, -0.2) is 8.78 Å². The van der Waals surface area contributed by atoms with E-state index in [1.54, 1.807) is 6.07 Å². The second-order valence-corrected chi connectivity index (χ2v) is 32.9. The maximum absolute atomic E-state index is 14.4. The molecule has 0 aliphatic heterocycles. The largest absolute Gasteiger partial charge is 0.309 e. The van der Waals surface area contributed by atoms with Crippen LogP contribution in [0.3, 0.4) is 0 Å². The number of halogens is 2. The van der Waals surface area contributed by atoms with Crippen LogP contribution in [-0.2, 0) is 0 Å². The van der Waals surface area contributed by atoms with Gasteiger partial charge in [-0.1, -0.05) is 394 Å². The lowest BCUT2D eigenvalue weighted by Gasteiger charge is -2.20. The van der Waals surface area contributed by atoms with Gasteiger partial charge in [0, 0.05) is 48.8 Å². The molecule has 0 bridgehead atoms. The van der Waals surface area contributed by atoms with Gasteiger partial charge in [-0.2, -0.15) is 0 Å². The summed E-state index contributed by atoms with van der Waals surface area (Å²) in [5, 5.41) is 26.9. The van der Waals surface area contributed by atoms with Crippen LogP contribution in [0.1, 0.15) is 0 Å². The van der Waals surface area contributed by atoms with E-state index in [0.717, 1.165) is 43.9 Å². The maximum Gasteiger partial charge on any atom is 0.159 e. The van der Waals surface area contributed by atoms with Crippen LogP contribution in [0.4, 0.5) is 8.78 Å². The van der Waals surface area contributed by atoms with Crippen LogP contribution in [0.5, 0.6) is 0 Å². The topological polar surface area (TPSA) is 14.8 Å². The summed E-state index contributed by atoms with van der Waals surface area (Å²) in [5.41, 5.74) is 24.7. The predicted octanol–water partition coefficient (Wildman–Crippen LogP) is 33.9. The molecule has 3 heterocycles. The average molecular weight is 1620 g/mol. The molecule has 0 fully saturated rings. The van der Waals surface area contributed by atoms with Crippen molar-refractivity contribution in [2.75, 3.05) is 0 Å². The Balaban J connectivity index is 0.000000106. The summed E-state index contributed by atoms with van der Waals surface area (Å²) in [5.74, 6) is -1.69. The maximum atomic E-state index is 14.4. The van der Waals surface area contributed by atoms with Crippen molar-refractivity contribution >= 4 is 152 Å². The Bertz CT molecular complexity index is 8280. The van der Waals surface area contributed by atoms with Gasteiger partial charge in [-0.05, 0) is 215 Å². The lowest BCUT2D eigenvalue weighted by molar-refractivity contribution is 0.509. The molecule has 0 N–H and O–H groups in total. The second kappa shape index (κ2) is 30.8. The van der Waals surface area contributed by atoms with E-state index in [4.69, 9.17) is 0 Å². The third-order valence-corrected chi connectivity index (χ3v) is 26.1. The molecule has 26 aromatic rings. The highest BCUT2D eigenvalue weighted by Gasteiger charge is 2.26. The number of nitrogens with zero attached hydrogens (tertiary/aromatic N) is 3. The van der Waals surface area contributed by atoms with Crippen molar-refractivity contribution in [3.8, 4) is 83.8 Å². The molecule has 0 unspecified atom stereocenters. The normalized spacial score (nSPS) is 11.7. The smallest absolute Gasteiger partial charge is 0.159 e. The summed E-state index contributed by atoms with van der Waals surface area (Å²) in [6, 6.07) is 166. The van der Waals surface area contributed by atoms with Gasteiger partial charge in [0.25, 0.3) is 0 Å². The molecule has 23 aromatic carbocycles. The van der Waals surface area contributed by atoms with Crippen molar-refractivity contribution in [2.24, 2.45) is 0 Å². The van der Waals surface area contributed by atoms with Gasteiger partial charge >= 0.3 is 0 Å². The summed E-state index contributed by atoms with van der Waals surface area (Å²) < 4.78 is 35.4. The van der Waals surface area contributed by atoms with Gasteiger partial charge in [0.1, 0.15) is 0 Å². The first kappa shape index (κ1) is 74.2. The van der Waals surface area contributed by atoms with Gasteiger partial charge < -0.3 is 13.7 Å². The molecule has 3 nitrogen and oxygen atoms in total.